The summed E-state index contributed by atoms with van der Waals surface area (Å²) in [5.41, 5.74) is 7.90. The van der Waals surface area contributed by atoms with Crippen molar-refractivity contribution in [3.63, 3.8) is 0 Å². The number of rotatable bonds is 3. The summed E-state index contributed by atoms with van der Waals surface area (Å²) < 4.78 is 0. The number of hydrogen-bond donors (Lipinski definition) is 3. The van der Waals surface area contributed by atoms with Crippen LogP contribution in [0.4, 0.5) is 0 Å². The standard InChI is InChI=1S/C13H20N2O/c1-13(2,16)8-15-12-7-11(14)9-5-3-4-6-10(9)12/h3-6,11-12,15-16H,7-8,14H2,1-2H3. The SMILES string of the molecule is CC(C)(O)CNC1CC(N)c2ccccc21. The molecule has 3 heteroatoms. The van der Waals surface area contributed by atoms with Crippen LogP contribution >= 0.6 is 0 Å². The van der Waals surface area contributed by atoms with Crippen molar-refractivity contribution < 1.29 is 5.11 Å². The summed E-state index contributed by atoms with van der Waals surface area (Å²) >= 11 is 0. The van der Waals surface area contributed by atoms with Crippen LogP contribution in [0.3, 0.4) is 0 Å². The number of fused-ring (bicyclic) bond motifs is 1. The van der Waals surface area contributed by atoms with Crippen LogP contribution in [0.2, 0.25) is 0 Å². The summed E-state index contributed by atoms with van der Waals surface area (Å²) in [5, 5.41) is 13.1. The molecule has 3 nitrogen and oxygen atoms in total. The van der Waals surface area contributed by atoms with Gasteiger partial charge in [-0.05, 0) is 31.4 Å². The molecule has 0 radical (unpaired) electrons. The first-order valence-corrected chi connectivity index (χ1v) is 5.77. The second kappa shape index (κ2) is 4.17. The molecule has 2 rings (SSSR count). The molecule has 16 heavy (non-hydrogen) atoms. The maximum Gasteiger partial charge on any atom is 0.0715 e. The van der Waals surface area contributed by atoms with E-state index in [0.29, 0.717) is 6.54 Å². The zero-order valence-corrected chi connectivity index (χ0v) is 9.90. The maximum absolute atomic E-state index is 9.70. The third-order valence-electron chi connectivity index (χ3n) is 3.04. The molecule has 1 aromatic rings. The second-order valence-corrected chi connectivity index (χ2v) is 5.22. The van der Waals surface area contributed by atoms with Crippen molar-refractivity contribution in [2.24, 2.45) is 5.73 Å². The fraction of sp³-hybridized carbons (Fsp3) is 0.538. The Morgan fingerprint density at radius 2 is 2.00 bits per heavy atom. The van der Waals surface area contributed by atoms with E-state index in [9.17, 15) is 5.11 Å². The molecule has 0 amide bonds. The predicted molar refractivity (Wildman–Crippen MR) is 65.0 cm³/mol. The highest BCUT2D eigenvalue weighted by Crippen LogP contribution is 2.36. The molecule has 0 fully saturated rings. The molecule has 0 aromatic heterocycles. The second-order valence-electron chi connectivity index (χ2n) is 5.22. The molecule has 0 spiro atoms. The van der Waals surface area contributed by atoms with Crippen LogP contribution in [0.25, 0.3) is 0 Å². The van der Waals surface area contributed by atoms with Crippen molar-refractivity contribution in [3.8, 4) is 0 Å². The molecule has 88 valence electrons. The van der Waals surface area contributed by atoms with E-state index in [0.717, 1.165) is 6.42 Å². The van der Waals surface area contributed by atoms with Crippen molar-refractivity contribution in [2.45, 2.75) is 38.0 Å². The third kappa shape index (κ3) is 2.43. The Kier molecular flexibility index (Phi) is 3.02. The molecule has 2 atom stereocenters. The molecule has 0 heterocycles. The lowest BCUT2D eigenvalue weighted by molar-refractivity contribution is 0.0762. The van der Waals surface area contributed by atoms with Crippen molar-refractivity contribution in [3.05, 3.63) is 35.4 Å². The fourth-order valence-corrected chi connectivity index (χ4v) is 2.24. The lowest BCUT2D eigenvalue weighted by Crippen LogP contribution is -2.36. The van der Waals surface area contributed by atoms with E-state index in [4.69, 9.17) is 5.73 Å². The van der Waals surface area contributed by atoms with Gasteiger partial charge in [-0.1, -0.05) is 24.3 Å². The van der Waals surface area contributed by atoms with Gasteiger partial charge in [0, 0.05) is 18.6 Å². The molecular weight excluding hydrogens is 200 g/mol. The van der Waals surface area contributed by atoms with Crippen molar-refractivity contribution in [1.82, 2.24) is 5.32 Å². The molecule has 0 bridgehead atoms. The Morgan fingerprint density at radius 3 is 2.62 bits per heavy atom. The summed E-state index contributed by atoms with van der Waals surface area (Å²) in [7, 11) is 0. The number of nitrogens with one attached hydrogen (secondary N) is 1. The smallest absolute Gasteiger partial charge is 0.0715 e. The zero-order valence-electron chi connectivity index (χ0n) is 9.90. The van der Waals surface area contributed by atoms with E-state index in [1.807, 2.05) is 12.1 Å². The number of aliphatic hydroxyl groups is 1. The molecular formula is C13H20N2O. The largest absolute Gasteiger partial charge is 0.389 e. The van der Waals surface area contributed by atoms with Gasteiger partial charge in [-0.3, -0.25) is 0 Å². The van der Waals surface area contributed by atoms with Crippen molar-refractivity contribution in [1.29, 1.82) is 0 Å². The molecule has 1 aliphatic carbocycles. The number of benzene rings is 1. The summed E-state index contributed by atoms with van der Waals surface area (Å²) in [6, 6.07) is 8.66. The van der Waals surface area contributed by atoms with Gasteiger partial charge < -0.3 is 16.2 Å². The van der Waals surface area contributed by atoms with Crippen LogP contribution in [0.1, 0.15) is 43.5 Å². The summed E-state index contributed by atoms with van der Waals surface area (Å²) in [4.78, 5) is 0. The fourth-order valence-electron chi connectivity index (χ4n) is 2.24. The highest BCUT2D eigenvalue weighted by Gasteiger charge is 2.28. The van der Waals surface area contributed by atoms with Gasteiger partial charge in [-0.25, -0.2) is 0 Å². The highest BCUT2D eigenvalue weighted by molar-refractivity contribution is 5.37. The van der Waals surface area contributed by atoms with Crippen LogP contribution in [-0.2, 0) is 0 Å². The monoisotopic (exact) mass is 220 g/mol. The minimum Gasteiger partial charge on any atom is -0.389 e. The highest BCUT2D eigenvalue weighted by atomic mass is 16.3. The number of hydrogen-bond acceptors (Lipinski definition) is 3. The van der Waals surface area contributed by atoms with E-state index in [1.54, 1.807) is 13.8 Å². The molecule has 4 N–H and O–H groups in total. The van der Waals surface area contributed by atoms with Gasteiger partial charge in [0.2, 0.25) is 0 Å². The molecule has 1 aliphatic rings. The summed E-state index contributed by atoms with van der Waals surface area (Å²) in [6.07, 6.45) is 0.912. The first kappa shape index (κ1) is 11.6. The quantitative estimate of drug-likeness (QED) is 0.723. The third-order valence-corrected chi connectivity index (χ3v) is 3.04. The summed E-state index contributed by atoms with van der Waals surface area (Å²) in [6.45, 7) is 4.19. The Balaban J connectivity index is 2.09. The van der Waals surface area contributed by atoms with Gasteiger partial charge in [0.05, 0.1) is 5.60 Å². The zero-order chi connectivity index (χ0) is 11.8. The topological polar surface area (TPSA) is 58.3 Å². The Labute approximate surface area is 96.7 Å². The van der Waals surface area contributed by atoms with E-state index in [-0.39, 0.29) is 12.1 Å². The molecule has 0 aliphatic heterocycles. The van der Waals surface area contributed by atoms with E-state index >= 15 is 0 Å². The Bertz CT molecular complexity index is 370. The lowest BCUT2D eigenvalue weighted by atomic mass is 10.1. The first-order valence-electron chi connectivity index (χ1n) is 5.77. The number of nitrogens with two attached hydrogens (primary N) is 1. The van der Waals surface area contributed by atoms with Crippen LogP contribution in [-0.4, -0.2) is 17.3 Å². The van der Waals surface area contributed by atoms with Gasteiger partial charge in [0.25, 0.3) is 0 Å². The molecule has 1 aromatic carbocycles. The molecule has 0 saturated carbocycles. The first-order chi connectivity index (χ1) is 7.47. The van der Waals surface area contributed by atoms with Crippen LogP contribution < -0.4 is 11.1 Å². The minimum atomic E-state index is -0.679. The van der Waals surface area contributed by atoms with Crippen molar-refractivity contribution in [2.75, 3.05) is 6.54 Å². The lowest BCUT2D eigenvalue weighted by Gasteiger charge is -2.22. The Hall–Kier alpha value is -0.900. The van der Waals surface area contributed by atoms with Gasteiger partial charge in [-0.2, -0.15) is 0 Å². The van der Waals surface area contributed by atoms with Crippen LogP contribution in [0, 0.1) is 0 Å². The van der Waals surface area contributed by atoms with Crippen LogP contribution in [0.5, 0.6) is 0 Å². The van der Waals surface area contributed by atoms with Gasteiger partial charge in [0.15, 0.2) is 0 Å². The average molecular weight is 220 g/mol. The minimum absolute atomic E-state index is 0.121. The Morgan fingerprint density at radius 1 is 1.38 bits per heavy atom. The van der Waals surface area contributed by atoms with E-state index in [2.05, 4.69) is 17.4 Å². The maximum atomic E-state index is 9.70. The summed E-state index contributed by atoms with van der Waals surface area (Å²) in [5.74, 6) is 0. The van der Waals surface area contributed by atoms with E-state index in [1.165, 1.54) is 11.1 Å². The normalized spacial score (nSPS) is 24.5. The molecule has 0 saturated heterocycles. The average Bonchev–Trinajstić information content (AvgIpc) is 2.53. The van der Waals surface area contributed by atoms with Crippen molar-refractivity contribution >= 4 is 0 Å². The molecule has 2 unspecified atom stereocenters. The van der Waals surface area contributed by atoms with Gasteiger partial charge in [-0.15, -0.1) is 0 Å². The van der Waals surface area contributed by atoms with Gasteiger partial charge in [0.1, 0.15) is 0 Å². The predicted octanol–water partition coefficient (Wildman–Crippen LogP) is 1.49. The van der Waals surface area contributed by atoms with Gasteiger partial charge >= 0.3 is 0 Å². The van der Waals surface area contributed by atoms with Crippen LogP contribution in [0.15, 0.2) is 24.3 Å². The van der Waals surface area contributed by atoms with E-state index < -0.39 is 5.60 Å².